The van der Waals surface area contributed by atoms with Crippen LogP contribution in [0.2, 0.25) is 0 Å². The van der Waals surface area contributed by atoms with Gasteiger partial charge in [0.15, 0.2) is 0 Å². The summed E-state index contributed by atoms with van der Waals surface area (Å²) in [7, 11) is 0. The lowest BCUT2D eigenvalue weighted by molar-refractivity contribution is 0.484. The largest absolute Gasteiger partial charge is 0.363 e. The predicted molar refractivity (Wildman–Crippen MR) is 45.5 cm³/mol. The summed E-state index contributed by atoms with van der Waals surface area (Å²) < 4.78 is 0. The second kappa shape index (κ2) is 2.70. The number of fused-ring (bicyclic) bond motifs is 1. The number of hydrogen-bond donors (Lipinski definition) is 2. The van der Waals surface area contributed by atoms with Crippen molar-refractivity contribution in [3.63, 3.8) is 0 Å². The molecule has 0 aromatic carbocycles. The van der Waals surface area contributed by atoms with Crippen molar-refractivity contribution < 1.29 is 0 Å². The zero-order valence-electron chi connectivity index (χ0n) is 6.85. The lowest BCUT2D eigenvalue weighted by Crippen LogP contribution is -2.28. The van der Waals surface area contributed by atoms with E-state index in [4.69, 9.17) is 0 Å². The third-order valence-corrected chi connectivity index (χ3v) is 2.41. The van der Waals surface area contributed by atoms with Crippen molar-refractivity contribution in [2.24, 2.45) is 0 Å². The summed E-state index contributed by atoms with van der Waals surface area (Å²) in [6, 6.07) is 2.76. The Bertz CT molecular complexity index is 239. The van der Waals surface area contributed by atoms with Crippen LogP contribution in [0.1, 0.15) is 30.6 Å². The molecule has 2 rings (SSSR count). The average Bonchev–Trinajstić information content (AvgIpc) is 2.50. The molecule has 0 fully saturated rings. The molecule has 2 heteroatoms. The summed E-state index contributed by atoms with van der Waals surface area (Å²) in [5.74, 6) is 0. The van der Waals surface area contributed by atoms with Gasteiger partial charge in [-0.3, -0.25) is 0 Å². The first-order valence-electron chi connectivity index (χ1n) is 4.31. The molecule has 0 radical (unpaired) electrons. The summed E-state index contributed by atoms with van der Waals surface area (Å²) >= 11 is 0. The van der Waals surface area contributed by atoms with Crippen LogP contribution >= 0.6 is 0 Å². The smallest absolute Gasteiger partial charge is 0.0473 e. The van der Waals surface area contributed by atoms with Crippen LogP contribution in [0.5, 0.6) is 0 Å². The third-order valence-electron chi connectivity index (χ3n) is 2.41. The molecule has 0 saturated carbocycles. The summed E-state index contributed by atoms with van der Waals surface area (Å²) in [6.45, 7) is 3.34. The minimum absolute atomic E-state index is 0.564. The highest BCUT2D eigenvalue weighted by Gasteiger charge is 2.17. The molecule has 1 atom stereocenters. The van der Waals surface area contributed by atoms with E-state index >= 15 is 0 Å². The summed E-state index contributed by atoms with van der Waals surface area (Å²) in [6.07, 6.45) is 4.39. The van der Waals surface area contributed by atoms with Crippen LogP contribution in [0, 0.1) is 0 Å². The van der Waals surface area contributed by atoms with E-state index in [1.807, 2.05) is 6.20 Å². The van der Waals surface area contributed by atoms with Gasteiger partial charge in [-0.25, -0.2) is 0 Å². The molecule has 0 spiro atoms. The molecule has 2 heterocycles. The van der Waals surface area contributed by atoms with Gasteiger partial charge in [0.25, 0.3) is 0 Å². The first-order valence-corrected chi connectivity index (χ1v) is 4.31. The number of hydrogen-bond acceptors (Lipinski definition) is 1. The Kier molecular flexibility index (Phi) is 1.70. The minimum Gasteiger partial charge on any atom is -0.363 e. The van der Waals surface area contributed by atoms with E-state index in [0.717, 1.165) is 6.54 Å². The number of H-pyrrole nitrogens is 1. The monoisotopic (exact) mass is 150 g/mol. The molecule has 0 amide bonds. The summed E-state index contributed by atoms with van der Waals surface area (Å²) in [5, 5.41) is 3.48. The molecule has 60 valence electrons. The number of aromatic amines is 1. The van der Waals surface area contributed by atoms with Crippen molar-refractivity contribution in [3.8, 4) is 0 Å². The van der Waals surface area contributed by atoms with Crippen molar-refractivity contribution in [3.05, 3.63) is 23.5 Å². The second-order valence-corrected chi connectivity index (χ2v) is 3.08. The number of nitrogens with one attached hydrogen (secondary N) is 2. The van der Waals surface area contributed by atoms with Crippen LogP contribution in [0.15, 0.2) is 12.3 Å². The Balaban J connectivity index is 2.32. The molecule has 0 bridgehead atoms. The topological polar surface area (TPSA) is 27.8 Å². The van der Waals surface area contributed by atoms with Gasteiger partial charge in [0.05, 0.1) is 0 Å². The van der Waals surface area contributed by atoms with Crippen molar-refractivity contribution in [1.29, 1.82) is 0 Å². The highest BCUT2D eigenvalue weighted by Crippen LogP contribution is 2.22. The molecule has 1 aromatic rings. The van der Waals surface area contributed by atoms with Crippen LogP contribution in [0.4, 0.5) is 0 Å². The fourth-order valence-electron chi connectivity index (χ4n) is 1.79. The maximum absolute atomic E-state index is 3.48. The van der Waals surface area contributed by atoms with E-state index in [0.29, 0.717) is 6.04 Å². The van der Waals surface area contributed by atoms with E-state index in [1.165, 1.54) is 24.1 Å². The molecule has 0 aliphatic carbocycles. The molecule has 0 unspecified atom stereocenters. The highest BCUT2D eigenvalue weighted by atomic mass is 15.0. The van der Waals surface area contributed by atoms with Gasteiger partial charge in [-0.15, -0.1) is 0 Å². The maximum Gasteiger partial charge on any atom is 0.0473 e. The van der Waals surface area contributed by atoms with E-state index in [1.54, 1.807) is 0 Å². The van der Waals surface area contributed by atoms with Gasteiger partial charge < -0.3 is 10.3 Å². The van der Waals surface area contributed by atoms with E-state index in [9.17, 15) is 0 Å². The van der Waals surface area contributed by atoms with Crippen LogP contribution < -0.4 is 5.32 Å². The standard InChI is InChI=1S/C9H14N2/c1-2-8-9-7(3-5-10-8)4-6-11-9/h4,6,8,10-11H,2-3,5H2,1H3/t8-/m0/s1. The Labute approximate surface area is 67.0 Å². The van der Waals surface area contributed by atoms with Crippen LogP contribution in [0.25, 0.3) is 0 Å². The van der Waals surface area contributed by atoms with Crippen LogP contribution in [-0.2, 0) is 6.42 Å². The second-order valence-electron chi connectivity index (χ2n) is 3.08. The van der Waals surface area contributed by atoms with Crippen LogP contribution in [0.3, 0.4) is 0 Å². The normalized spacial score (nSPS) is 23.2. The molecule has 1 aromatic heterocycles. The van der Waals surface area contributed by atoms with Crippen LogP contribution in [-0.4, -0.2) is 11.5 Å². The SMILES string of the molecule is CC[C@@H]1NCCc2cc[nH]c21. The van der Waals surface area contributed by atoms with Gasteiger partial charge in [0.2, 0.25) is 0 Å². The highest BCUT2D eigenvalue weighted by molar-refractivity contribution is 5.26. The quantitative estimate of drug-likeness (QED) is 0.625. The lowest BCUT2D eigenvalue weighted by atomic mass is 10.0. The van der Waals surface area contributed by atoms with Crippen molar-refractivity contribution in [1.82, 2.24) is 10.3 Å². The molecular weight excluding hydrogens is 136 g/mol. The van der Waals surface area contributed by atoms with Gasteiger partial charge >= 0.3 is 0 Å². The molecule has 0 saturated heterocycles. The molecule has 1 aliphatic heterocycles. The van der Waals surface area contributed by atoms with Gasteiger partial charge in [-0.2, -0.15) is 0 Å². The lowest BCUT2D eigenvalue weighted by Gasteiger charge is -2.22. The first kappa shape index (κ1) is 6.92. The van der Waals surface area contributed by atoms with E-state index in [2.05, 4.69) is 23.3 Å². The van der Waals surface area contributed by atoms with Gasteiger partial charge in [-0.05, 0) is 31.0 Å². The van der Waals surface area contributed by atoms with E-state index < -0.39 is 0 Å². The van der Waals surface area contributed by atoms with E-state index in [-0.39, 0.29) is 0 Å². The molecular formula is C9H14N2. The third kappa shape index (κ3) is 1.07. The van der Waals surface area contributed by atoms with Gasteiger partial charge in [0, 0.05) is 17.9 Å². The fourth-order valence-corrected chi connectivity index (χ4v) is 1.79. The van der Waals surface area contributed by atoms with Crippen molar-refractivity contribution in [2.45, 2.75) is 25.8 Å². The zero-order valence-corrected chi connectivity index (χ0v) is 6.85. The zero-order chi connectivity index (χ0) is 7.68. The van der Waals surface area contributed by atoms with Crippen molar-refractivity contribution in [2.75, 3.05) is 6.54 Å². The number of rotatable bonds is 1. The van der Waals surface area contributed by atoms with Gasteiger partial charge in [-0.1, -0.05) is 6.92 Å². The Morgan fingerprint density at radius 1 is 1.64 bits per heavy atom. The number of aromatic nitrogens is 1. The molecule has 2 N–H and O–H groups in total. The summed E-state index contributed by atoms with van der Waals surface area (Å²) in [5.41, 5.74) is 2.90. The fraction of sp³-hybridized carbons (Fsp3) is 0.556. The van der Waals surface area contributed by atoms with Crippen molar-refractivity contribution >= 4 is 0 Å². The molecule has 11 heavy (non-hydrogen) atoms. The minimum atomic E-state index is 0.564. The average molecular weight is 150 g/mol. The molecule has 2 nitrogen and oxygen atoms in total. The first-order chi connectivity index (χ1) is 5.42. The Morgan fingerprint density at radius 2 is 2.55 bits per heavy atom. The maximum atomic E-state index is 3.48. The Morgan fingerprint density at radius 3 is 3.36 bits per heavy atom. The van der Waals surface area contributed by atoms with Gasteiger partial charge in [0.1, 0.15) is 0 Å². The molecule has 1 aliphatic rings. The summed E-state index contributed by atoms with van der Waals surface area (Å²) in [4.78, 5) is 3.30. The Hall–Kier alpha value is -0.760. The predicted octanol–water partition coefficient (Wildman–Crippen LogP) is 1.61.